The molecule has 2 amide bonds. The molecule has 0 saturated heterocycles. The van der Waals surface area contributed by atoms with Crippen LogP contribution in [0.2, 0.25) is 0 Å². The highest BCUT2D eigenvalue weighted by atomic mass is 79.9. The third-order valence-electron chi connectivity index (χ3n) is 2.74. The Bertz CT molecular complexity index is 489. The molecule has 2 N–H and O–H groups in total. The van der Waals surface area contributed by atoms with Crippen LogP contribution < -0.4 is 5.73 Å². The molecule has 0 unspecified atom stereocenters. The zero-order chi connectivity index (χ0) is 14.6. The third-order valence-corrected chi connectivity index (χ3v) is 3.23. The minimum absolute atomic E-state index is 0.0499. The highest BCUT2D eigenvalue weighted by Gasteiger charge is 2.20. The molecule has 0 atom stereocenters. The van der Waals surface area contributed by atoms with Crippen LogP contribution in [0.4, 0.5) is 5.69 Å². The first kappa shape index (κ1) is 15.5. The van der Waals surface area contributed by atoms with Crippen molar-refractivity contribution in [2.45, 2.75) is 6.92 Å². The lowest BCUT2D eigenvalue weighted by Gasteiger charge is -2.23. The Balaban J connectivity index is 2.95. The molecule has 104 valence electrons. The molecule has 19 heavy (non-hydrogen) atoms. The van der Waals surface area contributed by atoms with Crippen LogP contribution in [-0.4, -0.2) is 48.8 Å². The maximum atomic E-state index is 12.4. The summed E-state index contributed by atoms with van der Waals surface area (Å²) in [6.45, 7) is 2.33. The second-order valence-corrected chi connectivity index (χ2v) is 5.25. The third kappa shape index (κ3) is 3.96. The normalized spacial score (nSPS) is 10.1. The molecule has 0 aliphatic rings. The van der Waals surface area contributed by atoms with Gasteiger partial charge in [0.15, 0.2) is 0 Å². The average molecular weight is 328 g/mol. The number of nitrogen functional groups attached to an aromatic ring is 1. The van der Waals surface area contributed by atoms with E-state index in [2.05, 4.69) is 15.9 Å². The Hall–Kier alpha value is -1.56. The van der Waals surface area contributed by atoms with E-state index in [0.717, 1.165) is 4.47 Å². The number of nitrogens with two attached hydrogens (primary N) is 1. The topological polar surface area (TPSA) is 66.6 Å². The molecular formula is C13H18BrN3O2. The lowest BCUT2D eigenvalue weighted by atomic mass is 10.1. The van der Waals surface area contributed by atoms with Gasteiger partial charge in [-0.3, -0.25) is 9.59 Å². The number of nitrogens with zero attached hydrogens (tertiary/aromatic N) is 2. The van der Waals surface area contributed by atoms with Crippen molar-refractivity contribution in [1.29, 1.82) is 0 Å². The Morgan fingerprint density at radius 1 is 1.32 bits per heavy atom. The van der Waals surface area contributed by atoms with Crippen LogP contribution >= 0.6 is 15.9 Å². The fourth-order valence-electron chi connectivity index (χ4n) is 1.52. The Kier molecular flexibility index (Phi) is 5.35. The zero-order valence-corrected chi connectivity index (χ0v) is 12.9. The first-order valence-electron chi connectivity index (χ1n) is 5.91. The minimum Gasteiger partial charge on any atom is -0.398 e. The summed E-state index contributed by atoms with van der Waals surface area (Å²) in [4.78, 5) is 27.0. The van der Waals surface area contributed by atoms with Gasteiger partial charge in [-0.1, -0.05) is 15.9 Å². The lowest BCUT2D eigenvalue weighted by Crippen LogP contribution is -2.40. The van der Waals surface area contributed by atoms with Crippen LogP contribution in [0, 0.1) is 0 Å². The van der Waals surface area contributed by atoms with Gasteiger partial charge in [-0.05, 0) is 25.1 Å². The molecule has 1 aromatic carbocycles. The minimum atomic E-state index is -0.239. The van der Waals surface area contributed by atoms with Crippen molar-refractivity contribution in [2.24, 2.45) is 0 Å². The summed E-state index contributed by atoms with van der Waals surface area (Å²) in [5, 5.41) is 0. The highest BCUT2D eigenvalue weighted by molar-refractivity contribution is 9.10. The first-order valence-corrected chi connectivity index (χ1v) is 6.70. The SMILES string of the molecule is CCN(CC(=O)N(C)C)C(=O)c1cc(Br)ccc1N. The molecule has 1 rings (SSSR count). The van der Waals surface area contributed by atoms with Crippen molar-refractivity contribution >= 4 is 33.4 Å². The molecule has 0 heterocycles. The quantitative estimate of drug-likeness (QED) is 0.854. The molecule has 0 saturated carbocycles. The van der Waals surface area contributed by atoms with Gasteiger partial charge in [0.25, 0.3) is 5.91 Å². The number of amides is 2. The van der Waals surface area contributed by atoms with Crippen LogP contribution in [-0.2, 0) is 4.79 Å². The smallest absolute Gasteiger partial charge is 0.256 e. The van der Waals surface area contributed by atoms with Crippen LogP contribution in [0.25, 0.3) is 0 Å². The van der Waals surface area contributed by atoms with Gasteiger partial charge in [0.1, 0.15) is 0 Å². The summed E-state index contributed by atoms with van der Waals surface area (Å²) in [5.41, 5.74) is 6.62. The van der Waals surface area contributed by atoms with Gasteiger partial charge in [0.2, 0.25) is 5.91 Å². The molecule has 0 radical (unpaired) electrons. The predicted molar refractivity (Wildman–Crippen MR) is 78.8 cm³/mol. The molecule has 0 aliphatic carbocycles. The van der Waals surface area contributed by atoms with E-state index in [1.54, 1.807) is 32.3 Å². The largest absolute Gasteiger partial charge is 0.398 e. The van der Waals surface area contributed by atoms with Gasteiger partial charge in [0.05, 0.1) is 12.1 Å². The summed E-state index contributed by atoms with van der Waals surface area (Å²) in [6, 6.07) is 5.10. The molecular weight excluding hydrogens is 310 g/mol. The predicted octanol–water partition coefficient (Wildman–Crippen LogP) is 1.58. The van der Waals surface area contributed by atoms with Crippen molar-refractivity contribution in [3.8, 4) is 0 Å². The zero-order valence-electron chi connectivity index (χ0n) is 11.3. The number of rotatable bonds is 4. The molecule has 6 heteroatoms. The van der Waals surface area contributed by atoms with Crippen molar-refractivity contribution in [3.63, 3.8) is 0 Å². The van der Waals surface area contributed by atoms with Gasteiger partial charge in [-0.2, -0.15) is 0 Å². The molecule has 0 fully saturated rings. The van der Waals surface area contributed by atoms with Gasteiger partial charge < -0.3 is 15.5 Å². The number of likely N-dealkylation sites (N-methyl/N-ethyl adjacent to an activating group) is 2. The van der Waals surface area contributed by atoms with Gasteiger partial charge >= 0.3 is 0 Å². The number of hydrogen-bond acceptors (Lipinski definition) is 3. The lowest BCUT2D eigenvalue weighted by molar-refractivity contribution is -0.129. The standard InChI is InChI=1S/C13H18BrN3O2/c1-4-17(8-12(18)16(2)3)13(19)10-7-9(14)5-6-11(10)15/h5-7H,4,8,15H2,1-3H3. The van der Waals surface area contributed by atoms with Crippen LogP contribution in [0.5, 0.6) is 0 Å². The number of benzene rings is 1. The Morgan fingerprint density at radius 3 is 2.47 bits per heavy atom. The molecule has 0 aromatic heterocycles. The highest BCUT2D eigenvalue weighted by Crippen LogP contribution is 2.20. The maximum Gasteiger partial charge on any atom is 0.256 e. The van der Waals surface area contributed by atoms with E-state index in [4.69, 9.17) is 5.73 Å². The summed E-state index contributed by atoms with van der Waals surface area (Å²) >= 11 is 3.31. The van der Waals surface area contributed by atoms with Gasteiger partial charge in [-0.15, -0.1) is 0 Å². The van der Waals surface area contributed by atoms with Crippen molar-refractivity contribution in [2.75, 3.05) is 32.9 Å². The van der Waals surface area contributed by atoms with E-state index in [0.29, 0.717) is 17.8 Å². The second kappa shape index (κ2) is 6.56. The van der Waals surface area contributed by atoms with E-state index < -0.39 is 0 Å². The number of anilines is 1. The summed E-state index contributed by atoms with van der Waals surface area (Å²) in [5.74, 6) is -0.361. The average Bonchev–Trinajstić information content (AvgIpc) is 2.37. The van der Waals surface area contributed by atoms with E-state index >= 15 is 0 Å². The van der Waals surface area contributed by atoms with E-state index in [1.165, 1.54) is 9.80 Å². The fraction of sp³-hybridized carbons (Fsp3) is 0.385. The van der Waals surface area contributed by atoms with E-state index in [-0.39, 0.29) is 18.4 Å². The fourth-order valence-corrected chi connectivity index (χ4v) is 1.88. The second-order valence-electron chi connectivity index (χ2n) is 4.34. The van der Waals surface area contributed by atoms with Crippen LogP contribution in [0.15, 0.2) is 22.7 Å². The van der Waals surface area contributed by atoms with Gasteiger partial charge in [-0.25, -0.2) is 0 Å². The number of carbonyl (C=O) groups is 2. The Morgan fingerprint density at radius 2 is 1.95 bits per heavy atom. The maximum absolute atomic E-state index is 12.4. The van der Waals surface area contributed by atoms with Crippen molar-refractivity contribution in [1.82, 2.24) is 9.80 Å². The van der Waals surface area contributed by atoms with Crippen molar-refractivity contribution in [3.05, 3.63) is 28.2 Å². The first-order chi connectivity index (χ1) is 8.86. The number of hydrogen-bond donors (Lipinski definition) is 1. The van der Waals surface area contributed by atoms with Crippen LogP contribution in [0.3, 0.4) is 0 Å². The molecule has 0 bridgehead atoms. The van der Waals surface area contributed by atoms with Crippen LogP contribution in [0.1, 0.15) is 17.3 Å². The van der Waals surface area contributed by atoms with E-state index in [1.807, 2.05) is 6.92 Å². The van der Waals surface area contributed by atoms with Crippen molar-refractivity contribution < 1.29 is 9.59 Å². The number of halogens is 1. The van der Waals surface area contributed by atoms with E-state index in [9.17, 15) is 9.59 Å². The Labute approximate surface area is 121 Å². The van der Waals surface area contributed by atoms with Gasteiger partial charge in [0, 0.05) is 30.8 Å². The molecule has 1 aromatic rings. The molecule has 5 nitrogen and oxygen atoms in total. The summed E-state index contributed by atoms with van der Waals surface area (Å²) < 4.78 is 0.778. The monoisotopic (exact) mass is 327 g/mol. The summed E-state index contributed by atoms with van der Waals surface area (Å²) in [6.07, 6.45) is 0. The summed E-state index contributed by atoms with van der Waals surface area (Å²) in [7, 11) is 3.32. The molecule has 0 aliphatic heterocycles. The molecule has 0 spiro atoms. The number of carbonyl (C=O) groups excluding carboxylic acids is 2.